The van der Waals surface area contributed by atoms with Crippen LogP contribution in [0.15, 0.2) is 30.9 Å². The normalized spacial score (nSPS) is 12.2. The third kappa shape index (κ3) is 2.57. The van der Waals surface area contributed by atoms with E-state index in [4.69, 9.17) is 4.74 Å². The third-order valence-corrected chi connectivity index (χ3v) is 1.79. The minimum Gasteiger partial charge on any atom is -0.490 e. The number of aliphatic hydroxyl groups excluding tert-OH is 1. The Morgan fingerprint density at radius 2 is 2.36 bits per heavy atom. The molecule has 0 amide bonds. The van der Waals surface area contributed by atoms with E-state index in [1.54, 1.807) is 6.08 Å². The smallest absolute Gasteiger partial charge is 0.129 e. The second-order valence-corrected chi connectivity index (χ2v) is 2.96. The maximum atomic E-state index is 13.1. The average molecular weight is 196 g/mol. The van der Waals surface area contributed by atoms with E-state index in [0.29, 0.717) is 12.4 Å². The molecule has 0 bridgehead atoms. The number of rotatable bonds is 4. The van der Waals surface area contributed by atoms with Gasteiger partial charge in [0.25, 0.3) is 0 Å². The molecule has 0 fully saturated rings. The lowest BCUT2D eigenvalue weighted by Crippen LogP contribution is -1.98. The van der Waals surface area contributed by atoms with Gasteiger partial charge in [0.05, 0.1) is 6.10 Å². The van der Waals surface area contributed by atoms with Crippen molar-refractivity contribution in [1.29, 1.82) is 0 Å². The summed E-state index contributed by atoms with van der Waals surface area (Å²) in [5.74, 6) is 0.105. The zero-order valence-corrected chi connectivity index (χ0v) is 8.03. The molecule has 0 unspecified atom stereocenters. The molecule has 76 valence electrons. The molecular formula is C11H13FO2. The number of aliphatic hydroxyl groups is 1. The van der Waals surface area contributed by atoms with Crippen LogP contribution in [0.2, 0.25) is 0 Å². The topological polar surface area (TPSA) is 29.5 Å². The van der Waals surface area contributed by atoms with Gasteiger partial charge in [-0.05, 0) is 25.1 Å². The van der Waals surface area contributed by atoms with E-state index in [1.165, 1.54) is 25.1 Å². The first kappa shape index (κ1) is 10.7. The van der Waals surface area contributed by atoms with Crippen molar-refractivity contribution in [2.45, 2.75) is 13.0 Å². The second-order valence-electron chi connectivity index (χ2n) is 2.96. The summed E-state index contributed by atoms with van der Waals surface area (Å²) >= 11 is 0. The molecule has 2 nitrogen and oxygen atoms in total. The Labute approximate surface area is 82.6 Å². The van der Waals surface area contributed by atoms with Crippen LogP contribution in [0, 0.1) is 5.82 Å². The zero-order chi connectivity index (χ0) is 10.6. The molecule has 0 heterocycles. The predicted octanol–water partition coefficient (Wildman–Crippen LogP) is 2.44. The summed E-state index contributed by atoms with van der Waals surface area (Å²) in [5, 5.41) is 9.24. The monoisotopic (exact) mass is 196 g/mol. The lowest BCUT2D eigenvalue weighted by atomic mass is 10.1. The number of ether oxygens (including phenoxy) is 1. The highest BCUT2D eigenvalue weighted by Crippen LogP contribution is 2.22. The van der Waals surface area contributed by atoms with E-state index in [-0.39, 0.29) is 5.56 Å². The lowest BCUT2D eigenvalue weighted by molar-refractivity contribution is 0.193. The van der Waals surface area contributed by atoms with Crippen LogP contribution in [0.25, 0.3) is 0 Å². The summed E-state index contributed by atoms with van der Waals surface area (Å²) in [6.45, 7) is 5.38. The fourth-order valence-electron chi connectivity index (χ4n) is 1.09. The van der Waals surface area contributed by atoms with Crippen LogP contribution in [0.5, 0.6) is 5.75 Å². The molecule has 1 N–H and O–H groups in total. The molecule has 0 radical (unpaired) electrons. The molecule has 0 spiro atoms. The molecule has 1 rings (SSSR count). The first-order valence-electron chi connectivity index (χ1n) is 4.36. The lowest BCUT2D eigenvalue weighted by Gasteiger charge is -2.09. The van der Waals surface area contributed by atoms with Crippen LogP contribution in [-0.4, -0.2) is 11.7 Å². The summed E-state index contributed by atoms with van der Waals surface area (Å²) in [4.78, 5) is 0. The molecule has 3 heteroatoms. The minimum absolute atomic E-state index is 0.242. The number of hydrogen-bond donors (Lipinski definition) is 1. The first-order chi connectivity index (χ1) is 6.65. The molecule has 0 aliphatic rings. The average Bonchev–Trinajstić information content (AvgIpc) is 2.16. The van der Waals surface area contributed by atoms with E-state index in [9.17, 15) is 9.50 Å². The van der Waals surface area contributed by atoms with Gasteiger partial charge in [-0.3, -0.25) is 0 Å². The molecule has 14 heavy (non-hydrogen) atoms. The van der Waals surface area contributed by atoms with Crippen molar-refractivity contribution in [3.8, 4) is 5.75 Å². The Bertz CT molecular complexity index is 321. The van der Waals surface area contributed by atoms with Crippen molar-refractivity contribution in [3.63, 3.8) is 0 Å². The van der Waals surface area contributed by atoms with Crippen molar-refractivity contribution < 1.29 is 14.2 Å². The molecule has 1 aromatic carbocycles. The molecule has 0 saturated heterocycles. The van der Waals surface area contributed by atoms with Gasteiger partial charge in [0.2, 0.25) is 0 Å². The van der Waals surface area contributed by atoms with E-state index in [0.717, 1.165) is 0 Å². The fourth-order valence-corrected chi connectivity index (χ4v) is 1.09. The van der Waals surface area contributed by atoms with Gasteiger partial charge in [-0.2, -0.15) is 0 Å². The van der Waals surface area contributed by atoms with E-state index < -0.39 is 11.9 Å². The van der Waals surface area contributed by atoms with Crippen molar-refractivity contribution in [2.24, 2.45) is 0 Å². The number of hydrogen-bond acceptors (Lipinski definition) is 2. The maximum Gasteiger partial charge on any atom is 0.129 e. The molecule has 0 aromatic heterocycles. The molecule has 0 saturated carbocycles. The number of benzene rings is 1. The quantitative estimate of drug-likeness (QED) is 0.749. The minimum atomic E-state index is -0.831. The van der Waals surface area contributed by atoms with Gasteiger partial charge in [0.15, 0.2) is 0 Å². The standard InChI is InChI=1S/C11H13FO2/c1-3-6-14-9-4-5-11(12)10(7-9)8(2)13/h3-5,7-8,13H,1,6H2,2H3/t8-/m1/s1. The molecule has 0 aliphatic carbocycles. The highest BCUT2D eigenvalue weighted by Gasteiger charge is 2.08. The molecule has 1 aromatic rings. The molecule has 0 aliphatic heterocycles. The van der Waals surface area contributed by atoms with E-state index in [2.05, 4.69) is 6.58 Å². The first-order valence-corrected chi connectivity index (χ1v) is 4.36. The van der Waals surface area contributed by atoms with Crippen LogP contribution in [0.3, 0.4) is 0 Å². The Balaban J connectivity index is 2.88. The van der Waals surface area contributed by atoms with Gasteiger partial charge in [0.1, 0.15) is 18.2 Å². The van der Waals surface area contributed by atoms with E-state index >= 15 is 0 Å². The SMILES string of the molecule is C=CCOc1ccc(F)c([C@@H](C)O)c1. The Hall–Kier alpha value is -1.35. The summed E-state index contributed by atoms with van der Waals surface area (Å²) in [6.07, 6.45) is 0.771. The Kier molecular flexibility index (Phi) is 3.65. The van der Waals surface area contributed by atoms with Crippen molar-refractivity contribution >= 4 is 0 Å². The van der Waals surface area contributed by atoms with Crippen molar-refractivity contribution in [3.05, 3.63) is 42.2 Å². The largest absolute Gasteiger partial charge is 0.490 e. The summed E-state index contributed by atoms with van der Waals surface area (Å²) in [5.41, 5.74) is 0.242. The van der Waals surface area contributed by atoms with Gasteiger partial charge in [0, 0.05) is 5.56 Å². The summed E-state index contributed by atoms with van der Waals surface area (Å²) in [6, 6.07) is 4.29. The van der Waals surface area contributed by atoms with Crippen LogP contribution >= 0.6 is 0 Å². The van der Waals surface area contributed by atoms with Crippen molar-refractivity contribution in [1.82, 2.24) is 0 Å². The zero-order valence-electron chi connectivity index (χ0n) is 8.03. The summed E-state index contributed by atoms with van der Waals surface area (Å²) in [7, 11) is 0. The third-order valence-electron chi connectivity index (χ3n) is 1.79. The number of halogens is 1. The van der Waals surface area contributed by atoms with E-state index in [1.807, 2.05) is 0 Å². The molecule has 1 atom stereocenters. The fraction of sp³-hybridized carbons (Fsp3) is 0.273. The Morgan fingerprint density at radius 3 is 2.93 bits per heavy atom. The van der Waals surface area contributed by atoms with Crippen LogP contribution in [0.4, 0.5) is 4.39 Å². The second kappa shape index (κ2) is 4.77. The highest BCUT2D eigenvalue weighted by molar-refractivity contribution is 5.31. The van der Waals surface area contributed by atoms with Crippen LogP contribution in [-0.2, 0) is 0 Å². The predicted molar refractivity (Wildman–Crippen MR) is 52.7 cm³/mol. The van der Waals surface area contributed by atoms with Gasteiger partial charge < -0.3 is 9.84 Å². The van der Waals surface area contributed by atoms with Crippen molar-refractivity contribution in [2.75, 3.05) is 6.61 Å². The van der Waals surface area contributed by atoms with Gasteiger partial charge in [-0.15, -0.1) is 0 Å². The van der Waals surface area contributed by atoms with Gasteiger partial charge in [-0.1, -0.05) is 12.7 Å². The van der Waals surface area contributed by atoms with Gasteiger partial charge >= 0.3 is 0 Å². The van der Waals surface area contributed by atoms with Crippen LogP contribution in [0.1, 0.15) is 18.6 Å². The van der Waals surface area contributed by atoms with Crippen LogP contribution < -0.4 is 4.74 Å². The summed E-state index contributed by atoms with van der Waals surface area (Å²) < 4.78 is 18.3. The molecular weight excluding hydrogens is 183 g/mol. The maximum absolute atomic E-state index is 13.1. The Morgan fingerprint density at radius 1 is 1.64 bits per heavy atom. The highest BCUT2D eigenvalue weighted by atomic mass is 19.1. The van der Waals surface area contributed by atoms with Gasteiger partial charge in [-0.25, -0.2) is 4.39 Å².